The highest BCUT2D eigenvalue weighted by atomic mass is 35.5. The zero-order valence-electron chi connectivity index (χ0n) is 17.7. The predicted octanol–water partition coefficient (Wildman–Crippen LogP) is 4.64. The first-order chi connectivity index (χ1) is 16.0. The molecule has 0 aromatic heterocycles. The lowest BCUT2D eigenvalue weighted by Crippen LogP contribution is -2.42. The lowest BCUT2D eigenvalue weighted by molar-refractivity contribution is -0.139. The normalized spacial score (nSPS) is 13.0. The number of carboxylic acids is 1. The van der Waals surface area contributed by atoms with E-state index in [2.05, 4.69) is 5.32 Å². The lowest BCUT2D eigenvalue weighted by atomic mass is 9.98. The van der Waals surface area contributed by atoms with Crippen molar-refractivity contribution in [3.05, 3.63) is 95.1 Å². The third kappa shape index (κ3) is 4.91. The fourth-order valence-corrected chi connectivity index (χ4v) is 4.28. The van der Waals surface area contributed by atoms with Crippen molar-refractivity contribution in [1.82, 2.24) is 5.32 Å². The lowest BCUT2D eigenvalue weighted by Gasteiger charge is -2.17. The van der Waals surface area contributed by atoms with Gasteiger partial charge in [-0.05, 0) is 27.8 Å². The molecule has 0 radical (unpaired) electrons. The number of carbonyl (C=O) groups excluding carboxylic acids is 2. The zero-order chi connectivity index (χ0) is 23.4. The molecule has 0 saturated carbocycles. The van der Waals surface area contributed by atoms with Crippen LogP contribution in [-0.2, 0) is 16.0 Å². The number of nitrogens with one attached hydrogen (secondary N) is 1. The molecule has 0 unspecified atom stereocenters. The van der Waals surface area contributed by atoms with Gasteiger partial charge in [0, 0.05) is 17.9 Å². The number of rotatable bonds is 8. The molecule has 0 bridgehead atoms. The highest BCUT2D eigenvalue weighted by Gasteiger charge is 2.29. The molecular formula is C26H22ClNO5. The Morgan fingerprint density at radius 3 is 2.03 bits per heavy atom. The van der Waals surface area contributed by atoms with Crippen molar-refractivity contribution in [3.63, 3.8) is 0 Å². The van der Waals surface area contributed by atoms with E-state index in [9.17, 15) is 19.5 Å². The van der Waals surface area contributed by atoms with Crippen molar-refractivity contribution >= 4 is 29.4 Å². The molecule has 0 saturated heterocycles. The number of hydrogen-bond donors (Lipinski definition) is 2. The SMILES string of the molecule is O=C(N[C@@H](Cc1ccc(C(=O)CCl)cc1)C(=O)O)OCC1c2ccccc2-c2ccccc21. The Labute approximate surface area is 196 Å². The van der Waals surface area contributed by atoms with Crippen molar-refractivity contribution in [1.29, 1.82) is 0 Å². The number of ether oxygens (including phenoxy) is 1. The smallest absolute Gasteiger partial charge is 0.407 e. The molecule has 0 heterocycles. The van der Waals surface area contributed by atoms with Gasteiger partial charge < -0.3 is 15.2 Å². The Morgan fingerprint density at radius 1 is 0.909 bits per heavy atom. The van der Waals surface area contributed by atoms with Gasteiger partial charge in [0.15, 0.2) is 5.78 Å². The van der Waals surface area contributed by atoms with E-state index in [4.69, 9.17) is 16.3 Å². The van der Waals surface area contributed by atoms with Gasteiger partial charge in [0.1, 0.15) is 12.6 Å². The van der Waals surface area contributed by atoms with E-state index in [1.165, 1.54) is 0 Å². The standard InChI is InChI=1S/C26H22ClNO5/c27-14-24(29)17-11-9-16(10-12-17)13-23(25(30)31)28-26(32)33-15-22-20-7-3-1-5-18(20)19-6-2-4-8-21(19)22/h1-12,22-23H,13-15H2,(H,28,32)(H,30,31)/t23-/m0/s1. The van der Waals surface area contributed by atoms with E-state index in [0.717, 1.165) is 22.3 Å². The Balaban J connectivity index is 1.40. The maximum atomic E-state index is 12.5. The quantitative estimate of drug-likeness (QED) is 0.375. The molecule has 6 nitrogen and oxygen atoms in total. The molecule has 1 aliphatic carbocycles. The van der Waals surface area contributed by atoms with Crippen LogP contribution in [0, 0.1) is 0 Å². The highest BCUT2D eigenvalue weighted by Crippen LogP contribution is 2.44. The molecule has 1 amide bonds. The van der Waals surface area contributed by atoms with Crippen LogP contribution in [0.15, 0.2) is 72.8 Å². The Kier molecular flexibility index (Phi) is 6.75. The number of halogens is 1. The summed E-state index contributed by atoms with van der Waals surface area (Å²) < 4.78 is 5.45. The number of Topliss-reactive ketones (excluding diaryl/α,β-unsaturated/α-hetero) is 1. The first kappa shape index (κ1) is 22.6. The molecule has 1 aliphatic rings. The third-order valence-electron chi connectivity index (χ3n) is 5.77. The summed E-state index contributed by atoms with van der Waals surface area (Å²) in [5.41, 5.74) is 5.49. The number of amides is 1. The van der Waals surface area contributed by atoms with Gasteiger partial charge in [-0.2, -0.15) is 0 Å². The van der Waals surface area contributed by atoms with Crippen molar-refractivity contribution in [2.45, 2.75) is 18.4 Å². The number of fused-ring (bicyclic) bond motifs is 3. The van der Waals surface area contributed by atoms with Gasteiger partial charge in [-0.1, -0.05) is 72.8 Å². The summed E-state index contributed by atoms with van der Waals surface area (Å²) in [7, 11) is 0. The van der Waals surface area contributed by atoms with E-state index in [1.54, 1.807) is 24.3 Å². The van der Waals surface area contributed by atoms with Gasteiger partial charge in [0.2, 0.25) is 0 Å². The Hall–Kier alpha value is -3.64. The highest BCUT2D eigenvalue weighted by molar-refractivity contribution is 6.30. The van der Waals surface area contributed by atoms with Crippen molar-refractivity contribution in [3.8, 4) is 11.1 Å². The van der Waals surface area contributed by atoms with E-state index in [0.29, 0.717) is 11.1 Å². The number of alkyl carbamates (subject to hydrolysis) is 1. The Morgan fingerprint density at radius 2 is 1.48 bits per heavy atom. The molecule has 7 heteroatoms. The van der Waals surface area contributed by atoms with Crippen LogP contribution in [0.5, 0.6) is 0 Å². The van der Waals surface area contributed by atoms with Gasteiger partial charge in [-0.15, -0.1) is 11.6 Å². The van der Waals surface area contributed by atoms with Crippen LogP contribution in [0.4, 0.5) is 4.79 Å². The summed E-state index contributed by atoms with van der Waals surface area (Å²) in [5, 5.41) is 12.0. The second kappa shape index (κ2) is 9.88. The second-order valence-corrected chi connectivity index (χ2v) is 8.09. The van der Waals surface area contributed by atoms with Crippen LogP contribution >= 0.6 is 11.6 Å². The topological polar surface area (TPSA) is 92.7 Å². The minimum absolute atomic E-state index is 0.0505. The average Bonchev–Trinajstić information content (AvgIpc) is 3.16. The second-order valence-electron chi connectivity index (χ2n) is 7.82. The number of ketones is 1. The maximum absolute atomic E-state index is 12.5. The zero-order valence-corrected chi connectivity index (χ0v) is 18.4. The van der Waals surface area contributed by atoms with Crippen LogP contribution in [-0.4, -0.2) is 41.5 Å². The van der Waals surface area contributed by atoms with Gasteiger partial charge in [-0.25, -0.2) is 9.59 Å². The summed E-state index contributed by atoms with van der Waals surface area (Å²) in [5.74, 6) is -1.63. The number of hydrogen-bond acceptors (Lipinski definition) is 4. The van der Waals surface area contributed by atoms with Gasteiger partial charge >= 0.3 is 12.1 Å². The molecule has 1 atom stereocenters. The fraction of sp³-hybridized carbons (Fsp3) is 0.192. The van der Waals surface area contributed by atoms with E-state index < -0.39 is 18.1 Å². The molecule has 3 aromatic rings. The number of aliphatic carboxylic acids is 1. The molecule has 0 fully saturated rings. The first-order valence-corrected chi connectivity index (χ1v) is 11.0. The number of carboxylic acid groups (broad SMARTS) is 1. The summed E-state index contributed by atoms with van der Waals surface area (Å²) in [4.78, 5) is 35.8. The Bertz CT molecular complexity index is 1150. The van der Waals surface area contributed by atoms with Crippen LogP contribution in [0.3, 0.4) is 0 Å². The third-order valence-corrected chi connectivity index (χ3v) is 6.01. The molecule has 0 aliphatic heterocycles. The van der Waals surface area contributed by atoms with Gasteiger partial charge in [-0.3, -0.25) is 4.79 Å². The van der Waals surface area contributed by atoms with Crippen LogP contribution in [0.2, 0.25) is 0 Å². The molecule has 2 N–H and O–H groups in total. The van der Waals surface area contributed by atoms with Crippen LogP contribution in [0.1, 0.15) is 33.0 Å². The number of alkyl halides is 1. The molecular weight excluding hydrogens is 442 g/mol. The molecule has 0 spiro atoms. The van der Waals surface area contributed by atoms with E-state index in [1.807, 2.05) is 48.5 Å². The minimum atomic E-state index is -1.18. The summed E-state index contributed by atoms with van der Waals surface area (Å²) >= 11 is 5.55. The fourth-order valence-electron chi connectivity index (χ4n) is 4.12. The van der Waals surface area contributed by atoms with Gasteiger partial charge in [0.05, 0.1) is 5.88 Å². The molecule has 4 rings (SSSR count). The van der Waals surface area contributed by atoms with Crippen LogP contribution < -0.4 is 5.32 Å². The molecule has 168 valence electrons. The first-order valence-electron chi connectivity index (χ1n) is 10.5. The summed E-state index contributed by atoms with van der Waals surface area (Å²) in [6, 6.07) is 21.3. The van der Waals surface area contributed by atoms with Crippen molar-refractivity contribution in [2.24, 2.45) is 0 Å². The van der Waals surface area contributed by atoms with E-state index in [-0.39, 0.29) is 30.6 Å². The van der Waals surface area contributed by atoms with Crippen molar-refractivity contribution in [2.75, 3.05) is 12.5 Å². The van der Waals surface area contributed by atoms with Crippen LogP contribution in [0.25, 0.3) is 11.1 Å². The monoisotopic (exact) mass is 463 g/mol. The average molecular weight is 464 g/mol. The van der Waals surface area contributed by atoms with Crippen molar-refractivity contribution < 1.29 is 24.2 Å². The summed E-state index contributed by atoms with van der Waals surface area (Å²) in [6.07, 6.45) is -0.743. The van der Waals surface area contributed by atoms with Gasteiger partial charge in [0.25, 0.3) is 0 Å². The molecule has 33 heavy (non-hydrogen) atoms. The predicted molar refractivity (Wildman–Crippen MR) is 125 cm³/mol. The largest absolute Gasteiger partial charge is 0.480 e. The summed E-state index contributed by atoms with van der Waals surface area (Å²) in [6.45, 7) is 0.0986. The minimum Gasteiger partial charge on any atom is -0.480 e. The number of benzene rings is 3. The molecule has 3 aromatic carbocycles. The maximum Gasteiger partial charge on any atom is 0.407 e. The van der Waals surface area contributed by atoms with E-state index >= 15 is 0 Å². The number of carbonyl (C=O) groups is 3.